The molecule has 174 valence electrons. The number of ether oxygens (including phenoxy) is 1. The summed E-state index contributed by atoms with van der Waals surface area (Å²) < 4.78 is 11.7. The van der Waals surface area contributed by atoms with Crippen LogP contribution in [0, 0.1) is 0 Å². The zero-order valence-electron chi connectivity index (χ0n) is 20.2. The van der Waals surface area contributed by atoms with E-state index in [0.29, 0.717) is 17.9 Å². The van der Waals surface area contributed by atoms with Crippen LogP contribution in [0.4, 0.5) is 0 Å². The molecule has 0 spiro atoms. The van der Waals surface area contributed by atoms with Gasteiger partial charge < -0.3 is 9.15 Å². The zero-order chi connectivity index (χ0) is 24.2. The van der Waals surface area contributed by atoms with Crippen LogP contribution >= 0.6 is 6.89 Å². The fourth-order valence-corrected chi connectivity index (χ4v) is 8.08. The quantitative estimate of drug-likeness (QED) is 0.260. The van der Waals surface area contributed by atoms with E-state index in [1.807, 2.05) is 25.1 Å². The van der Waals surface area contributed by atoms with Crippen molar-refractivity contribution in [1.82, 2.24) is 0 Å². The molecule has 0 aliphatic heterocycles. The van der Waals surface area contributed by atoms with E-state index in [1.54, 1.807) is 6.26 Å². The summed E-state index contributed by atoms with van der Waals surface area (Å²) in [6, 6.07) is 31.5. The van der Waals surface area contributed by atoms with Gasteiger partial charge in [0.05, 0.1) is 12.9 Å². The Morgan fingerprint density at radius 2 is 1.26 bits per heavy atom. The average molecular weight is 471 g/mol. The Kier molecular flexibility index (Phi) is 6.95. The highest BCUT2D eigenvalue weighted by atomic mass is 31.2. The molecule has 0 fully saturated rings. The number of carbonyl (C=O) groups excluding carboxylic acids is 1. The van der Waals surface area contributed by atoms with E-state index in [1.165, 1.54) is 15.9 Å². The van der Waals surface area contributed by atoms with Crippen molar-refractivity contribution in [2.24, 2.45) is 0 Å². The molecule has 0 aliphatic rings. The molecule has 1 aromatic heterocycles. The standard InChI is InChI=1S/C30H31O3P/c1-5-32-29(31)28-26(30(2,3)4)21-33-27(28)22-34(23-15-9-6-10-16-23,24-17-11-7-12-18-24)25-19-13-8-14-20-25/h6-22H,5H2,1-4H3. The fourth-order valence-electron chi connectivity index (χ4n) is 4.27. The molecule has 3 aromatic carbocycles. The van der Waals surface area contributed by atoms with E-state index in [-0.39, 0.29) is 11.4 Å². The SMILES string of the molecule is CCOC(=O)c1c(C(C)(C)C)coc1C=P(c1ccccc1)(c1ccccc1)c1ccccc1. The van der Waals surface area contributed by atoms with Gasteiger partial charge in [0.1, 0.15) is 11.3 Å². The third-order valence-electron chi connectivity index (χ3n) is 5.91. The Bertz CT molecular complexity index is 1190. The maximum atomic E-state index is 13.2. The molecule has 1 heterocycles. The molecule has 0 N–H and O–H groups in total. The smallest absolute Gasteiger partial charge is 0.342 e. The van der Waals surface area contributed by atoms with Crippen LogP contribution in [0.2, 0.25) is 0 Å². The van der Waals surface area contributed by atoms with Crippen molar-refractivity contribution in [1.29, 1.82) is 0 Å². The molecule has 4 heteroatoms. The van der Waals surface area contributed by atoms with E-state index in [2.05, 4.69) is 99.4 Å². The number of esters is 1. The number of hydrogen-bond acceptors (Lipinski definition) is 3. The summed E-state index contributed by atoms with van der Waals surface area (Å²) in [7, 11) is 0. The highest BCUT2D eigenvalue weighted by Crippen LogP contribution is 2.45. The normalized spacial score (nSPS) is 11.8. The van der Waals surface area contributed by atoms with Gasteiger partial charge >= 0.3 is 5.97 Å². The van der Waals surface area contributed by atoms with Crippen molar-refractivity contribution >= 4 is 34.6 Å². The highest BCUT2D eigenvalue weighted by Gasteiger charge is 2.32. The molecule has 0 saturated heterocycles. The van der Waals surface area contributed by atoms with Crippen molar-refractivity contribution < 1.29 is 13.9 Å². The molecule has 0 radical (unpaired) electrons. The predicted molar refractivity (Wildman–Crippen MR) is 144 cm³/mol. The summed E-state index contributed by atoms with van der Waals surface area (Å²) in [5.74, 6) is 2.40. The second-order valence-corrected chi connectivity index (χ2v) is 12.5. The monoisotopic (exact) mass is 470 g/mol. The van der Waals surface area contributed by atoms with Gasteiger partial charge in [0, 0.05) is 5.56 Å². The second kappa shape index (κ2) is 9.91. The Morgan fingerprint density at radius 1 is 0.824 bits per heavy atom. The van der Waals surface area contributed by atoms with Crippen LogP contribution in [0.5, 0.6) is 0 Å². The Morgan fingerprint density at radius 3 is 1.65 bits per heavy atom. The minimum absolute atomic E-state index is 0.273. The molecule has 0 bridgehead atoms. The molecule has 4 aromatic rings. The van der Waals surface area contributed by atoms with Gasteiger partial charge in [0.2, 0.25) is 0 Å². The van der Waals surface area contributed by atoms with E-state index in [0.717, 1.165) is 5.56 Å². The van der Waals surface area contributed by atoms with E-state index >= 15 is 0 Å². The lowest BCUT2D eigenvalue weighted by molar-refractivity contribution is 0.0523. The summed E-state index contributed by atoms with van der Waals surface area (Å²) in [6.45, 7) is 6.05. The number of carbonyl (C=O) groups is 1. The zero-order valence-corrected chi connectivity index (χ0v) is 21.1. The molecule has 0 atom stereocenters. The lowest BCUT2D eigenvalue weighted by Crippen LogP contribution is -2.27. The third-order valence-corrected chi connectivity index (χ3v) is 9.87. The fraction of sp³-hybridized carbons (Fsp3) is 0.200. The van der Waals surface area contributed by atoms with Gasteiger partial charge in [-0.05, 0) is 40.9 Å². The molecule has 0 saturated carbocycles. The predicted octanol–water partition coefficient (Wildman–Crippen LogP) is 5.90. The van der Waals surface area contributed by atoms with Gasteiger partial charge in [-0.1, -0.05) is 112 Å². The minimum Gasteiger partial charge on any atom is -0.464 e. The summed E-state index contributed by atoms with van der Waals surface area (Å²) in [4.78, 5) is 13.2. The summed E-state index contributed by atoms with van der Waals surface area (Å²) in [6.07, 6.45) is 1.72. The molecule has 0 amide bonds. The molecule has 4 rings (SSSR count). The lowest BCUT2D eigenvalue weighted by Gasteiger charge is -2.28. The number of hydrogen-bond donors (Lipinski definition) is 0. The van der Waals surface area contributed by atoms with Crippen LogP contribution in [0.3, 0.4) is 0 Å². The van der Waals surface area contributed by atoms with Crippen molar-refractivity contribution in [3.8, 4) is 0 Å². The molecular weight excluding hydrogens is 439 g/mol. The van der Waals surface area contributed by atoms with E-state index in [4.69, 9.17) is 9.15 Å². The first-order valence-corrected chi connectivity index (χ1v) is 13.4. The largest absolute Gasteiger partial charge is 0.464 e. The highest BCUT2D eigenvalue weighted by molar-refractivity contribution is 7.94. The summed E-state index contributed by atoms with van der Waals surface area (Å²) in [5.41, 5.74) is 1.09. The van der Waals surface area contributed by atoms with Crippen molar-refractivity contribution in [2.45, 2.75) is 33.1 Å². The molecule has 34 heavy (non-hydrogen) atoms. The topological polar surface area (TPSA) is 39.4 Å². The number of rotatable bonds is 6. The number of furan rings is 1. The first-order valence-electron chi connectivity index (χ1n) is 11.6. The molecule has 0 aliphatic carbocycles. The minimum atomic E-state index is -2.33. The molecule has 0 unspecified atom stereocenters. The van der Waals surface area contributed by atoms with Gasteiger partial charge in [-0.25, -0.2) is 4.79 Å². The summed E-state index contributed by atoms with van der Waals surface area (Å²) in [5, 5.41) is 3.57. The average Bonchev–Trinajstić information content (AvgIpc) is 3.29. The van der Waals surface area contributed by atoms with E-state index < -0.39 is 6.89 Å². The van der Waals surface area contributed by atoms with E-state index in [9.17, 15) is 4.79 Å². The van der Waals surface area contributed by atoms with Gasteiger partial charge in [-0.15, -0.1) is 0 Å². The van der Waals surface area contributed by atoms with Gasteiger partial charge in [0.25, 0.3) is 0 Å². The maximum Gasteiger partial charge on any atom is 0.342 e. The van der Waals surface area contributed by atoms with Crippen LogP contribution in [0.1, 0.15) is 49.4 Å². The second-order valence-electron chi connectivity index (χ2n) is 9.22. The van der Waals surface area contributed by atoms with Crippen LogP contribution in [-0.4, -0.2) is 18.4 Å². The Hall–Kier alpha value is -3.29. The van der Waals surface area contributed by atoms with Crippen molar-refractivity contribution in [3.05, 3.63) is 114 Å². The third kappa shape index (κ3) is 4.54. The summed E-state index contributed by atoms with van der Waals surface area (Å²) >= 11 is 0. The molecular formula is C30H31O3P. The van der Waals surface area contributed by atoms with Crippen LogP contribution < -0.4 is 15.9 Å². The number of benzene rings is 3. The Labute approximate surface area is 202 Å². The van der Waals surface area contributed by atoms with Gasteiger partial charge in [-0.2, -0.15) is 0 Å². The van der Waals surface area contributed by atoms with Gasteiger partial charge in [-0.3, -0.25) is 0 Å². The Balaban J connectivity index is 2.14. The first-order chi connectivity index (χ1) is 16.4. The van der Waals surface area contributed by atoms with Crippen LogP contribution in [-0.2, 0) is 10.2 Å². The van der Waals surface area contributed by atoms with Gasteiger partial charge in [0.15, 0.2) is 0 Å². The van der Waals surface area contributed by atoms with Crippen LogP contribution in [0.25, 0.3) is 0 Å². The lowest BCUT2D eigenvalue weighted by atomic mass is 9.86. The maximum absolute atomic E-state index is 13.2. The van der Waals surface area contributed by atoms with Crippen LogP contribution in [0.15, 0.2) is 102 Å². The first kappa shape index (κ1) is 23.9. The van der Waals surface area contributed by atoms with Crippen molar-refractivity contribution in [2.75, 3.05) is 6.61 Å². The van der Waals surface area contributed by atoms with Crippen molar-refractivity contribution in [3.63, 3.8) is 0 Å². The molecule has 3 nitrogen and oxygen atoms in total.